The van der Waals surface area contributed by atoms with E-state index >= 15 is 0 Å². The fourth-order valence-corrected chi connectivity index (χ4v) is 3.77. The van der Waals surface area contributed by atoms with Crippen LogP contribution in [0.15, 0.2) is 24.3 Å². The van der Waals surface area contributed by atoms with Crippen molar-refractivity contribution in [3.8, 4) is 0 Å². The molecule has 1 fully saturated rings. The van der Waals surface area contributed by atoms with Gasteiger partial charge in [-0.1, -0.05) is 38.8 Å². The fraction of sp³-hybridized carbons (Fsp3) is 0.524. The van der Waals surface area contributed by atoms with E-state index < -0.39 is 23.8 Å². The van der Waals surface area contributed by atoms with Gasteiger partial charge in [0.1, 0.15) is 6.04 Å². The number of imide groups is 1. The highest BCUT2D eigenvalue weighted by atomic mass is 16.5. The number of nitrogens with zero attached hydrogens (tertiary/aromatic N) is 2. The molecular weight excluding hydrogens is 360 g/mol. The summed E-state index contributed by atoms with van der Waals surface area (Å²) in [5.41, 5.74) is 0.568. The molecule has 0 N–H and O–H groups in total. The van der Waals surface area contributed by atoms with Gasteiger partial charge in [0.15, 0.2) is 6.61 Å². The number of carbonyl (C=O) groups is 4. The molecular formula is C21H26N2O5. The molecule has 0 aliphatic carbocycles. The average molecular weight is 386 g/mol. The van der Waals surface area contributed by atoms with Gasteiger partial charge in [-0.25, -0.2) is 4.79 Å². The van der Waals surface area contributed by atoms with Crippen LogP contribution >= 0.6 is 0 Å². The molecule has 0 radical (unpaired) electrons. The largest absolute Gasteiger partial charge is 0.454 e. The van der Waals surface area contributed by atoms with E-state index in [1.807, 2.05) is 0 Å². The van der Waals surface area contributed by atoms with Crippen LogP contribution in [0, 0.1) is 5.92 Å². The molecule has 150 valence electrons. The van der Waals surface area contributed by atoms with Crippen LogP contribution in [0.4, 0.5) is 0 Å². The van der Waals surface area contributed by atoms with Gasteiger partial charge >= 0.3 is 5.97 Å². The van der Waals surface area contributed by atoms with Gasteiger partial charge in [0.05, 0.1) is 11.1 Å². The van der Waals surface area contributed by atoms with E-state index in [2.05, 4.69) is 0 Å². The van der Waals surface area contributed by atoms with Crippen LogP contribution < -0.4 is 0 Å². The Bertz CT molecular complexity index is 746. The first-order valence-electron chi connectivity index (χ1n) is 9.83. The van der Waals surface area contributed by atoms with E-state index in [4.69, 9.17) is 4.74 Å². The van der Waals surface area contributed by atoms with Gasteiger partial charge in [-0.2, -0.15) is 0 Å². The van der Waals surface area contributed by atoms with Crippen LogP contribution in [-0.2, 0) is 14.3 Å². The highest BCUT2D eigenvalue weighted by molar-refractivity contribution is 6.22. The molecule has 1 saturated heterocycles. The summed E-state index contributed by atoms with van der Waals surface area (Å²) in [5, 5.41) is 0. The number of fused-ring (bicyclic) bond motifs is 1. The third-order valence-electron chi connectivity index (χ3n) is 5.27. The number of ether oxygens (including phenoxy) is 1. The number of benzene rings is 1. The van der Waals surface area contributed by atoms with Crippen molar-refractivity contribution in [2.75, 3.05) is 19.7 Å². The third kappa shape index (κ3) is 3.93. The minimum atomic E-state index is -1.07. The molecule has 28 heavy (non-hydrogen) atoms. The first-order chi connectivity index (χ1) is 13.4. The van der Waals surface area contributed by atoms with Gasteiger partial charge in [-0.15, -0.1) is 0 Å². The van der Waals surface area contributed by atoms with Crippen molar-refractivity contribution >= 4 is 23.7 Å². The molecule has 0 spiro atoms. The van der Waals surface area contributed by atoms with Crippen LogP contribution in [-0.4, -0.2) is 59.2 Å². The Morgan fingerprint density at radius 1 is 0.964 bits per heavy atom. The molecule has 0 unspecified atom stereocenters. The Kier molecular flexibility index (Phi) is 6.11. The van der Waals surface area contributed by atoms with Gasteiger partial charge in [-0.3, -0.25) is 19.3 Å². The van der Waals surface area contributed by atoms with E-state index in [0.717, 1.165) is 30.6 Å². The molecule has 3 amide bonds. The standard InChI is InChI=1S/C21H26N2O5/c1-14(2)18(23-19(25)15-9-5-6-10-16(15)20(23)26)21(27)28-13-17(24)22-11-7-3-4-8-12-22/h5-6,9-10,14,18H,3-4,7-8,11-13H2,1-2H3/t18-/m1/s1. The lowest BCUT2D eigenvalue weighted by molar-refractivity contribution is -0.156. The molecule has 2 heterocycles. The number of likely N-dealkylation sites (tertiary alicyclic amines) is 1. The normalized spacial score (nSPS) is 18.1. The van der Waals surface area contributed by atoms with Crippen molar-refractivity contribution < 1.29 is 23.9 Å². The molecule has 2 aliphatic rings. The number of carbonyl (C=O) groups excluding carboxylic acids is 4. The second-order valence-electron chi connectivity index (χ2n) is 7.62. The summed E-state index contributed by atoms with van der Waals surface area (Å²) in [5.74, 6) is -2.32. The molecule has 0 aromatic heterocycles. The smallest absolute Gasteiger partial charge is 0.330 e. The molecule has 0 bridgehead atoms. The zero-order chi connectivity index (χ0) is 20.3. The lowest BCUT2D eigenvalue weighted by atomic mass is 10.0. The molecule has 7 nitrogen and oxygen atoms in total. The first-order valence-corrected chi connectivity index (χ1v) is 9.83. The Morgan fingerprint density at radius 2 is 1.50 bits per heavy atom. The number of hydrogen-bond acceptors (Lipinski definition) is 5. The number of esters is 1. The second kappa shape index (κ2) is 8.54. The summed E-state index contributed by atoms with van der Waals surface area (Å²) in [4.78, 5) is 53.2. The van der Waals surface area contributed by atoms with Crippen LogP contribution in [0.1, 0.15) is 60.2 Å². The molecule has 0 saturated carbocycles. The Morgan fingerprint density at radius 3 is 2.00 bits per heavy atom. The van der Waals surface area contributed by atoms with E-state index in [0.29, 0.717) is 13.1 Å². The second-order valence-corrected chi connectivity index (χ2v) is 7.62. The first kappa shape index (κ1) is 20.0. The van der Waals surface area contributed by atoms with Gasteiger partial charge in [0.2, 0.25) is 0 Å². The molecule has 1 aromatic carbocycles. The van der Waals surface area contributed by atoms with Crippen LogP contribution in [0.5, 0.6) is 0 Å². The van der Waals surface area contributed by atoms with Gasteiger partial charge in [-0.05, 0) is 30.9 Å². The maximum Gasteiger partial charge on any atom is 0.330 e. The van der Waals surface area contributed by atoms with Crippen LogP contribution in [0.25, 0.3) is 0 Å². The summed E-state index contributed by atoms with van der Waals surface area (Å²) in [7, 11) is 0. The topological polar surface area (TPSA) is 84.0 Å². The number of hydrogen-bond donors (Lipinski definition) is 0. The summed E-state index contributed by atoms with van der Waals surface area (Å²) in [6.45, 7) is 4.45. The van der Waals surface area contributed by atoms with Crippen molar-refractivity contribution in [2.24, 2.45) is 5.92 Å². The van der Waals surface area contributed by atoms with Crippen LogP contribution in [0.2, 0.25) is 0 Å². The predicted octanol–water partition coefficient (Wildman–Crippen LogP) is 2.25. The minimum Gasteiger partial charge on any atom is -0.454 e. The Hall–Kier alpha value is -2.70. The van der Waals surface area contributed by atoms with Gasteiger partial charge in [0.25, 0.3) is 17.7 Å². The van der Waals surface area contributed by atoms with E-state index in [9.17, 15) is 19.2 Å². The SMILES string of the molecule is CC(C)[C@H](C(=O)OCC(=O)N1CCCCCC1)N1C(=O)c2ccccc2C1=O. The summed E-state index contributed by atoms with van der Waals surface area (Å²) < 4.78 is 5.25. The average Bonchev–Trinajstić information content (AvgIpc) is 2.88. The summed E-state index contributed by atoms with van der Waals surface area (Å²) in [6.07, 6.45) is 4.09. The third-order valence-corrected chi connectivity index (χ3v) is 5.27. The van der Waals surface area contributed by atoms with Crippen LogP contribution in [0.3, 0.4) is 0 Å². The zero-order valence-corrected chi connectivity index (χ0v) is 16.3. The Labute approximate surface area is 164 Å². The summed E-state index contributed by atoms with van der Waals surface area (Å²) in [6, 6.07) is 5.43. The fourth-order valence-electron chi connectivity index (χ4n) is 3.77. The molecule has 1 atom stereocenters. The van der Waals surface area contributed by atoms with Crippen molar-refractivity contribution in [3.05, 3.63) is 35.4 Å². The highest BCUT2D eigenvalue weighted by Gasteiger charge is 2.44. The molecule has 3 rings (SSSR count). The van der Waals surface area contributed by atoms with Gasteiger partial charge < -0.3 is 9.64 Å². The Balaban J connectivity index is 1.69. The van der Waals surface area contributed by atoms with Gasteiger partial charge in [0, 0.05) is 13.1 Å². The van der Waals surface area contributed by atoms with E-state index in [1.54, 1.807) is 43.0 Å². The molecule has 7 heteroatoms. The summed E-state index contributed by atoms with van der Waals surface area (Å²) >= 11 is 0. The molecule has 1 aromatic rings. The predicted molar refractivity (Wildman–Crippen MR) is 102 cm³/mol. The highest BCUT2D eigenvalue weighted by Crippen LogP contribution is 2.27. The lowest BCUT2D eigenvalue weighted by Crippen LogP contribution is -2.49. The molecule has 2 aliphatic heterocycles. The van der Waals surface area contributed by atoms with E-state index in [-0.39, 0.29) is 29.6 Å². The van der Waals surface area contributed by atoms with Crippen molar-refractivity contribution in [1.29, 1.82) is 0 Å². The quantitative estimate of drug-likeness (QED) is 0.572. The lowest BCUT2D eigenvalue weighted by Gasteiger charge is -2.28. The van der Waals surface area contributed by atoms with Crippen molar-refractivity contribution in [2.45, 2.75) is 45.6 Å². The number of rotatable bonds is 5. The maximum atomic E-state index is 12.7. The minimum absolute atomic E-state index is 0.236. The van der Waals surface area contributed by atoms with Crippen molar-refractivity contribution in [3.63, 3.8) is 0 Å². The zero-order valence-electron chi connectivity index (χ0n) is 16.3. The monoisotopic (exact) mass is 386 g/mol. The van der Waals surface area contributed by atoms with Crippen molar-refractivity contribution in [1.82, 2.24) is 9.80 Å². The maximum absolute atomic E-state index is 12.7. The number of amides is 3. The van der Waals surface area contributed by atoms with E-state index in [1.165, 1.54) is 0 Å².